The first-order valence-corrected chi connectivity index (χ1v) is 9.01. The molecule has 4 rings (SSSR count). The van der Waals surface area contributed by atoms with Crippen molar-refractivity contribution in [2.45, 2.75) is 25.3 Å². The van der Waals surface area contributed by atoms with Crippen molar-refractivity contribution in [1.82, 2.24) is 19.4 Å². The number of carbonyl (C=O) groups is 1. The second kappa shape index (κ2) is 7.12. The van der Waals surface area contributed by atoms with Gasteiger partial charge in [-0.15, -0.1) is 0 Å². The second-order valence-electron chi connectivity index (χ2n) is 6.76. The van der Waals surface area contributed by atoms with Crippen molar-refractivity contribution in [2.75, 3.05) is 6.54 Å². The molecule has 0 saturated carbocycles. The van der Waals surface area contributed by atoms with Gasteiger partial charge in [0.15, 0.2) is 0 Å². The third-order valence-electron chi connectivity index (χ3n) is 5.08. The number of benzene rings is 1. The molecule has 0 N–H and O–H groups in total. The summed E-state index contributed by atoms with van der Waals surface area (Å²) in [4.78, 5) is 23.5. The van der Waals surface area contributed by atoms with Crippen molar-refractivity contribution in [2.24, 2.45) is 7.05 Å². The van der Waals surface area contributed by atoms with E-state index in [2.05, 4.69) is 16.0 Å². The molecule has 132 valence electrons. The molecule has 3 aromatic rings. The summed E-state index contributed by atoms with van der Waals surface area (Å²) in [5.41, 5.74) is 3.94. The Morgan fingerprint density at radius 1 is 1.08 bits per heavy atom. The Labute approximate surface area is 153 Å². The molecule has 26 heavy (non-hydrogen) atoms. The van der Waals surface area contributed by atoms with Crippen LogP contribution in [0, 0.1) is 0 Å². The van der Waals surface area contributed by atoms with Crippen LogP contribution in [0.1, 0.15) is 41.2 Å². The van der Waals surface area contributed by atoms with Crippen molar-refractivity contribution in [1.29, 1.82) is 0 Å². The summed E-state index contributed by atoms with van der Waals surface area (Å²) in [6.45, 7) is 0.794. The average Bonchev–Trinajstić information content (AvgIpc) is 3.14. The Kier molecular flexibility index (Phi) is 4.52. The van der Waals surface area contributed by atoms with E-state index < -0.39 is 0 Å². The Balaban J connectivity index is 1.58. The van der Waals surface area contributed by atoms with Crippen molar-refractivity contribution in [3.63, 3.8) is 0 Å². The quantitative estimate of drug-likeness (QED) is 0.724. The number of aromatic nitrogens is 3. The lowest BCUT2D eigenvalue weighted by Crippen LogP contribution is -2.38. The first kappa shape index (κ1) is 16.5. The predicted molar refractivity (Wildman–Crippen MR) is 101 cm³/mol. The highest BCUT2D eigenvalue weighted by Crippen LogP contribution is 2.32. The van der Waals surface area contributed by atoms with E-state index in [-0.39, 0.29) is 11.9 Å². The molecule has 1 saturated heterocycles. The van der Waals surface area contributed by atoms with E-state index in [1.807, 2.05) is 59.2 Å². The van der Waals surface area contributed by atoms with Crippen LogP contribution in [-0.4, -0.2) is 31.9 Å². The standard InChI is InChI=1S/C21H22N4O/c1-24-15-23-14-20(24)16-7-9-17(10-8-16)21(26)25-12-3-2-6-19(25)18-5-4-11-22-13-18/h4-5,7-11,13-15,19H,2-3,6,12H2,1H3/t19-/m0/s1. The summed E-state index contributed by atoms with van der Waals surface area (Å²) in [7, 11) is 1.97. The van der Waals surface area contributed by atoms with Crippen molar-refractivity contribution < 1.29 is 4.79 Å². The number of hydrogen-bond acceptors (Lipinski definition) is 3. The monoisotopic (exact) mass is 346 g/mol. The number of amides is 1. The predicted octanol–water partition coefficient (Wildman–Crippen LogP) is 3.85. The largest absolute Gasteiger partial charge is 0.334 e. The van der Waals surface area contributed by atoms with Crippen LogP contribution in [0.3, 0.4) is 0 Å². The molecule has 0 bridgehead atoms. The fourth-order valence-electron chi connectivity index (χ4n) is 3.68. The minimum Gasteiger partial charge on any atom is -0.334 e. The molecule has 1 atom stereocenters. The number of pyridine rings is 1. The molecule has 0 spiro atoms. The maximum Gasteiger partial charge on any atom is 0.254 e. The summed E-state index contributed by atoms with van der Waals surface area (Å²) in [5.74, 6) is 0.0927. The van der Waals surface area contributed by atoms with Crippen molar-refractivity contribution in [3.05, 3.63) is 72.4 Å². The fraction of sp³-hybridized carbons (Fsp3) is 0.286. The highest BCUT2D eigenvalue weighted by atomic mass is 16.2. The number of aryl methyl sites for hydroxylation is 1. The summed E-state index contributed by atoms with van der Waals surface area (Å²) >= 11 is 0. The van der Waals surface area contributed by atoms with Gasteiger partial charge < -0.3 is 9.47 Å². The second-order valence-corrected chi connectivity index (χ2v) is 6.76. The molecule has 0 unspecified atom stereocenters. The highest BCUT2D eigenvalue weighted by molar-refractivity contribution is 5.95. The molecule has 5 nitrogen and oxygen atoms in total. The molecule has 3 heterocycles. The highest BCUT2D eigenvalue weighted by Gasteiger charge is 2.28. The van der Waals surface area contributed by atoms with Gasteiger partial charge in [-0.2, -0.15) is 0 Å². The molecule has 0 radical (unpaired) electrons. The molecule has 1 aromatic carbocycles. The van der Waals surface area contributed by atoms with Crippen LogP contribution >= 0.6 is 0 Å². The number of rotatable bonds is 3. The summed E-state index contributed by atoms with van der Waals surface area (Å²) in [5, 5.41) is 0. The number of hydrogen-bond donors (Lipinski definition) is 0. The van der Waals surface area contributed by atoms with Gasteiger partial charge in [0.05, 0.1) is 24.3 Å². The van der Waals surface area contributed by atoms with Gasteiger partial charge in [0.25, 0.3) is 5.91 Å². The van der Waals surface area contributed by atoms with Crippen LogP contribution < -0.4 is 0 Å². The van der Waals surface area contributed by atoms with E-state index in [4.69, 9.17) is 0 Å². The van der Waals surface area contributed by atoms with E-state index >= 15 is 0 Å². The van der Waals surface area contributed by atoms with Crippen LogP contribution in [-0.2, 0) is 7.05 Å². The normalized spacial score (nSPS) is 17.3. The molecule has 2 aromatic heterocycles. The minimum atomic E-state index is 0.0927. The molecule has 1 aliphatic heterocycles. The van der Waals surface area contributed by atoms with Gasteiger partial charge in [-0.05, 0) is 48.6 Å². The summed E-state index contributed by atoms with van der Waals surface area (Å²) in [6, 6.07) is 11.9. The van der Waals surface area contributed by atoms with Gasteiger partial charge in [0, 0.05) is 31.5 Å². The maximum atomic E-state index is 13.1. The van der Waals surface area contributed by atoms with E-state index in [9.17, 15) is 4.79 Å². The Hall–Kier alpha value is -2.95. The van der Waals surface area contributed by atoms with Crippen LogP contribution in [0.25, 0.3) is 11.3 Å². The zero-order valence-corrected chi connectivity index (χ0v) is 14.9. The van der Waals surface area contributed by atoms with Crippen LogP contribution in [0.5, 0.6) is 0 Å². The van der Waals surface area contributed by atoms with E-state index in [1.54, 1.807) is 12.5 Å². The minimum absolute atomic E-state index is 0.0927. The van der Waals surface area contributed by atoms with Crippen LogP contribution in [0.2, 0.25) is 0 Å². The lowest BCUT2D eigenvalue weighted by molar-refractivity contribution is 0.0611. The molecular weight excluding hydrogens is 324 g/mol. The SMILES string of the molecule is Cn1cncc1-c1ccc(C(=O)N2CCCC[C@H]2c2cccnc2)cc1. The molecule has 0 aliphatic carbocycles. The van der Waals surface area contributed by atoms with Crippen LogP contribution in [0.15, 0.2) is 61.3 Å². The van der Waals surface area contributed by atoms with Gasteiger partial charge in [-0.25, -0.2) is 4.98 Å². The Morgan fingerprint density at radius 3 is 2.62 bits per heavy atom. The summed E-state index contributed by atoms with van der Waals surface area (Å²) < 4.78 is 1.97. The number of likely N-dealkylation sites (tertiary alicyclic amines) is 1. The molecule has 1 aliphatic rings. The molecular formula is C21H22N4O. The number of imidazole rings is 1. The van der Waals surface area contributed by atoms with Gasteiger partial charge in [0.1, 0.15) is 0 Å². The zero-order chi connectivity index (χ0) is 17.9. The van der Waals surface area contributed by atoms with Crippen LogP contribution in [0.4, 0.5) is 0 Å². The molecule has 1 fully saturated rings. The maximum absolute atomic E-state index is 13.1. The van der Waals surface area contributed by atoms with Crippen molar-refractivity contribution >= 4 is 5.91 Å². The number of carbonyl (C=O) groups excluding carboxylic acids is 1. The molecule has 5 heteroatoms. The topological polar surface area (TPSA) is 51.0 Å². The Bertz CT molecular complexity index is 886. The zero-order valence-electron chi connectivity index (χ0n) is 14.9. The van der Waals surface area contributed by atoms with Gasteiger partial charge in [-0.1, -0.05) is 18.2 Å². The lowest BCUT2D eigenvalue weighted by Gasteiger charge is -2.36. The fourth-order valence-corrected chi connectivity index (χ4v) is 3.68. The number of piperidine rings is 1. The van der Waals surface area contributed by atoms with Gasteiger partial charge >= 0.3 is 0 Å². The lowest BCUT2D eigenvalue weighted by atomic mass is 9.95. The number of nitrogens with zero attached hydrogens (tertiary/aromatic N) is 4. The van der Waals surface area contributed by atoms with Gasteiger partial charge in [0.2, 0.25) is 0 Å². The average molecular weight is 346 g/mol. The van der Waals surface area contributed by atoms with Crippen molar-refractivity contribution in [3.8, 4) is 11.3 Å². The smallest absolute Gasteiger partial charge is 0.254 e. The van der Waals surface area contributed by atoms with Gasteiger partial charge in [-0.3, -0.25) is 9.78 Å². The first-order valence-electron chi connectivity index (χ1n) is 9.01. The van der Waals surface area contributed by atoms with E-state index in [0.29, 0.717) is 0 Å². The Morgan fingerprint density at radius 2 is 1.92 bits per heavy atom. The van der Waals surface area contributed by atoms with E-state index in [1.165, 1.54) is 0 Å². The third kappa shape index (κ3) is 3.12. The third-order valence-corrected chi connectivity index (χ3v) is 5.08. The summed E-state index contributed by atoms with van der Waals surface area (Å²) in [6.07, 6.45) is 10.4. The first-order chi connectivity index (χ1) is 12.7. The molecule has 1 amide bonds. The van der Waals surface area contributed by atoms with E-state index in [0.717, 1.165) is 48.2 Å².